The summed E-state index contributed by atoms with van der Waals surface area (Å²) in [6.07, 6.45) is -4.62. The molecular formula is C30H32Cl2F3N3O4S. The van der Waals surface area contributed by atoms with Gasteiger partial charge in [0.2, 0.25) is 15.9 Å². The van der Waals surface area contributed by atoms with Crippen molar-refractivity contribution in [1.82, 2.24) is 15.4 Å². The lowest BCUT2D eigenvalue weighted by Crippen LogP contribution is -2.36. The number of nitrogens with one attached hydrogen (secondary N) is 3. The summed E-state index contributed by atoms with van der Waals surface area (Å²) in [6.45, 7) is 6.15. The summed E-state index contributed by atoms with van der Waals surface area (Å²) in [6, 6.07) is 11.9. The van der Waals surface area contributed by atoms with Crippen molar-refractivity contribution in [1.29, 1.82) is 0 Å². The summed E-state index contributed by atoms with van der Waals surface area (Å²) in [4.78, 5) is 12.7. The van der Waals surface area contributed by atoms with E-state index >= 15 is 0 Å². The summed E-state index contributed by atoms with van der Waals surface area (Å²) < 4.78 is 74.5. The van der Waals surface area contributed by atoms with Crippen molar-refractivity contribution in [2.75, 3.05) is 13.2 Å². The van der Waals surface area contributed by atoms with E-state index in [0.29, 0.717) is 37.3 Å². The minimum absolute atomic E-state index is 0.197. The first-order valence-electron chi connectivity index (χ1n) is 13.6. The molecule has 3 aromatic carbocycles. The molecule has 1 aliphatic heterocycles. The third kappa shape index (κ3) is 9.09. The van der Waals surface area contributed by atoms with E-state index < -0.39 is 44.6 Å². The molecule has 0 saturated carbocycles. The second-order valence-corrected chi connectivity index (χ2v) is 13.3. The lowest BCUT2D eigenvalue weighted by Gasteiger charge is -2.28. The third-order valence-electron chi connectivity index (χ3n) is 6.78. The third-order valence-corrected chi connectivity index (χ3v) is 8.69. The average molecular weight is 659 g/mol. The number of carbonyl (C=O) groups excluding carboxylic acids is 1. The van der Waals surface area contributed by atoms with Gasteiger partial charge in [0.25, 0.3) is 0 Å². The number of hydrogen-bond acceptors (Lipinski definition) is 5. The monoisotopic (exact) mass is 657 g/mol. The van der Waals surface area contributed by atoms with Crippen LogP contribution in [0.5, 0.6) is 5.75 Å². The molecular weight excluding hydrogens is 626 g/mol. The fraction of sp³-hybridized carbons (Fsp3) is 0.367. The summed E-state index contributed by atoms with van der Waals surface area (Å²) >= 11 is 12.3. The predicted octanol–water partition coefficient (Wildman–Crippen LogP) is 6.81. The van der Waals surface area contributed by atoms with Crippen LogP contribution in [-0.4, -0.2) is 27.5 Å². The molecule has 0 bridgehead atoms. The van der Waals surface area contributed by atoms with Crippen molar-refractivity contribution in [3.05, 3.63) is 93.0 Å². The molecule has 3 aromatic rings. The van der Waals surface area contributed by atoms with Crippen LogP contribution in [0.1, 0.15) is 61.0 Å². The van der Waals surface area contributed by atoms with Crippen molar-refractivity contribution in [3.8, 4) is 5.75 Å². The number of alkyl halides is 3. The minimum Gasteiger partial charge on any atom is -0.493 e. The molecule has 1 amide bonds. The lowest BCUT2D eigenvalue weighted by atomic mass is 9.97. The number of sulfonamides is 1. The maximum absolute atomic E-state index is 13.3. The molecule has 2 unspecified atom stereocenters. The number of amides is 1. The first kappa shape index (κ1) is 33.1. The molecule has 43 heavy (non-hydrogen) atoms. The van der Waals surface area contributed by atoms with Crippen LogP contribution in [0, 0.1) is 5.92 Å². The van der Waals surface area contributed by atoms with Gasteiger partial charge in [0.05, 0.1) is 29.1 Å². The van der Waals surface area contributed by atoms with Gasteiger partial charge in [-0.05, 0) is 66.1 Å². The number of halogens is 5. The van der Waals surface area contributed by atoms with E-state index in [-0.39, 0.29) is 22.0 Å². The molecule has 0 saturated heterocycles. The molecule has 1 aliphatic rings. The number of ether oxygens (including phenoxy) is 1. The highest BCUT2D eigenvalue weighted by molar-refractivity contribution is 7.89. The topological polar surface area (TPSA) is 96.5 Å². The zero-order valence-corrected chi connectivity index (χ0v) is 25.8. The second kappa shape index (κ2) is 13.9. The SMILES string of the molecule is CC(C)CNCc1ccc2c(c1)OCCC2NC(=O)CC(NS(=O)(=O)c1cccc(C(F)(F)F)c1)c1cc(Cl)cc(Cl)c1. The van der Waals surface area contributed by atoms with E-state index in [2.05, 4.69) is 29.2 Å². The van der Waals surface area contributed by atoms with Crippen molar-refractivity contribution in [2.45, 2.75) is 56.4 Å². The fourth-order valence-electron chi connectivity index (χ4n) is 4.74. The van der Waals surface area contributed by atoms with Gasteiger partial charge in [-0.25, -0.2) is 13.1 Å². The van der Waals surface area contributed by atoms with Gasteiger partial charge in [0, 0.05) is 35.0 Å². The van der Waals surface area contributed by atoms with Crippen LogP contribution >= 0.6 is 23.2 Å². The van der Waals surface area contributed by atoms with E-state index in [9.17, 15) is 26.4 Å². The van der Waals surface area contributed by atoms with Gasteiger partial charge in [-0.1, -0.05) is 55.2 Å². The van der Waals surface area contributed by atoms with Gasteiger partial charge in [0.15, 0.2) is 0 Å². The Hall–Kier alpha value is -2.83. The number of fused-ring (bicyclic) bond motifs is 1. The van der Waals surface area contributed by atoms with E-state index in [0.717, 1.165) is 35.9 Å². The van der Waals surface area contributed by atoms with Crippen LogP contribution in [0.15, 0.2) is 65.6 Å². The summed E-state index contributed by atoms with van der Waals surface area (Å²) in [7, 11) is -4.50. The van der Waals surface area contributed by atoms with Gasteiger partial charge in [0.1, 0.15) is 5.75 Å². The van der Waals surface area contributed by atoms with Crippen LogP contribution in [-0.2, 0) is 27.5 Å². The highest BCUT2D eigenvalue weighted by Crippen LogP contribution is 2.34. The predicted molar refractivity (Wildman–Crippen MR) is 160 cm³/mol. The first-order valence-corrected chi connectivity index (χ1v) is 15.9. The Labute approximate surface area is 259 Å². The van der Waals surface area contributed by atoms with E-state index in [1.54, 1.807) is 0 Å². The molecule has 232 valence electrons. The van der Waals surface area contributed by atoms with E-state index in [1.807, 2.05) is 18.2 Å². The largest absolute Gasteiger partial charge is 0.493 e. The highest BCUT2D eigenvalue weighted by atomic mass is 35.5. The lowest BCUT2D eigenvalue weighted by molar-refractivity contribution is -0.137. The Bertz CT molecular complexity index is 1550. The fourth-order valence-corrected chi connectivity index (χ4v) is 6.55. The van der Waals surface area contributed by atoms with E-state index in [1.165, 1.54) is 18.2 Å². The van der Waals surface area contributed by atoms with Gasteiger partial charge >= 0.3 is 6.18 Å². The molecule has 0 spiro atoms. The van der Waals surface area contributed by atoms with Gasteiger partial charge in [-0.3, -0.25) is 4.79 Å². The Morgan fingerprint density at radius 2 is 1.77 bits per heavy atom. The number of rotatable bonds is 11. The smallest absolute Gasteiger partial charge is 0.416 e. The molecule has 7 nitrogen and oxygen atoms in total. The molecule has 13 heteroatoms. The average Bonchev–Trinajstić information content (AvgIpc) is 2.91. The van der Waals surface area contributed by atoms with Gasteiger partial charge in [-0.15, -0.1) is 0 Å². The summed E-state index contributed by atoms with van der Waals surface area (Å²) in [5, 5.41) is 6.73. The first-order chi connectivity index (χ1) is 20.2. The van der Waals surface area contributed by atoms with Crippen LogP contribution in [0.3, 0.4) is 0 Å². The second-order valence-electron chi connectivity index (χ2n) is 10.8. The van der Waals surface area contributed by atoms with Gasteiger partial charge < -0.3 is 15.4 Å². The maximum atomic E-state index is 13.3. The van der Waals surface area contributed by atoms with E-state index in [4.69, 9.17) is 27.9 Å². The molecule has 0 aromatic heterocycles. The Kier molecular flexibility index (Phi) is 10.7. The van der Waals surface area contributed by atoms with Gasteiger partial charge in [-0.2, -0.15) is 13.2 Å². The molecule has 0 aliphatic carbocycles. The van der Waals surface area contributed by atoms with Crippen LogP contribution in [0.4, 0.5) is 13.2 Å². The Morgan fingerprint density at radius 3 is 2.44 bits per heavy atom. The Balaban J connectivity index is 1.54. The zero-order chi connectivity index (χ0) is 31.4. The van der Waals surface area contributed by atoms with Crippen molar-refractivity contribution in [2.24, 2.45) is 5.92 Å². The normalized spacial score (nSPS) is 16.0. The van der Waals surface area contributed by atoms with Crippen molar-refractivity contribution >= 4 is 39.1 Å². The Morgan fingerprint density at radius 1 is 1.05 bits per heavy atom. The van der Waals surface area contributed by atoms with Crippen molar-refractivity contribution in [3.63, 3.8) is 0 Å². The molecule has 1 heterocycles. The summed E-state index contributed by atoms with van der Waals surface area (Å²) in [5.41, 5.74) is 0.981. The van der Waals surface area contributed by atoms with Crippen LogP contribution < -0.4 is 20.1 Å². The molecule has 0 radical (unpaired) electrons. The molecule has 2 atom stereocenters. The zero-order valence-electron chi connectivity index (χ0n) is 23.5. The highest BCUT2D eigenvalue weighted by Gasteiger charge is 2.33. The quantitative estimate of drug-likeness (QED) is 0.211. The number of carbonyl (C=O) groups is 1. The van der Waals surface area contributed by atoms with Crippen LogP contribution in [0.25, 0.3) is 0 Å². The minimum atomic E-state index is -4.74. The van der Waals surface area contributed by atoms with Crippen molar-refractivity contribution < 1.29 is 31.1 Å². The maximum Gasteiger partial charge on any atom is 0.416 e. The molecule has 0 fully saturated rings. The molecule has 4 rings (SSSR count). The molecule has 3 N–H and O–H groups in total. The number of hydrogen-bond donors (Lipinski definition) is 3. The van der Waals surface area contributed by atoms with Crippen LogP contribution in [0.2, 0.25) is 10.0 Å². The number of benzene rings is 3. The standard InChI is InChI=1S/C30H32Cl2F3N3O4S/c1-18(2)16-36-17-19-6-7-25-26(8-9-42-28(25)10-19)37-29(39)15-27(20-11-22(31)14-23(32)12-20)38-43(40,41)24-5-3-4-21(13-24)30(33,34)35/h3-7,10-14,18,26-27,36,38H,8-9,15-17H2,1-2H3,(H,37,39). The summed E-state index contributed by atoms with van der Waals surface area (Å²) in [5.74, 6) is 0.673.